The molecule has 0 radical (unpaired) electrons. The molecule has 7 nitrogen and oxygen atoms in total. The van der Waals surface area contributed by atoms with Crippen molar-refractivity contribution in [3.05, 3.63) is 20.8 Å². The first kappa shape index (κ1) is 19.9. The number of aromatic nitrogens is 2. The first-order valence-electron chi connectivity index (χ1n) is 9.28. The fraction of sp³-hybridized carbons (Fsp3) is 0.556. The average Bonchev–Trinajstić information content (AvgIpc) is 3.00. The first-order valence-corrected chi connectivity index (χ1v) is 11.1. The summed E-state index contributed by atoms with van der Waals surface area (Å²) in [5.74, 6) is -0.507. The Balaban J connectivity index is 1.96. The van der Waals surface area contributed by atoms with Gasteiger partial charge in [-0.15, -0.1) is 11.3 Å². The quantitative estimate of drug-likeness (QED) is 0.416. The third-order valence-corrected chi connectivity index (χ3v) is 6.78. The third kappa shape index (κ3) is 4.52. The minimum atomic E-state index is -0.879. The van der Waals surface area contributed by atoms with Gasteiger partial charge in [0.1, 0.15) is 4.83 Å². The molecule has 3 N–H and O–H groups in total. The highest BCUT2D eigenvalue weighted by atomic mass is 32.2. The smallest absolute Gasteiger partial charge is 0.318 e. The molecule has 2 heterocycles. The van der Waals surface area contributed by atoms with Gasteiger partial charge in [-0.1, -0.05) is 31.5 Å². The molecule has 9 heteroatoms. The Morgan fingerprint density at radius 1 is 1.30 bits per heavy atom. The van der Waals surface area contributed by atoms with Gasteiger partial charge in [0.25, 0.3) is 5.56 Å². The number of hydrogen-bond donors (Lipinski definition) is 2. The Hall–Kier alpha value is -1.87. The number of aryl methyl sites for hydroxylation is 2. The molecule has 1 aliphatic carbocycles. The number of nitrogens with one attached hydrogen (secondary N) is 1. The maximum atomic E-state index is 13.2. The van der Waals surface area contributed by atoms with E-state index in [4.69, 9.17) is 10.7 Å². The summed E-state index contributed by atoms with van der Waals surface area (Å²) < 4.78 is 1.70. The lowest BCUT2D eigenvalue weighted by atomic mass is 9.97. The van der Waals surface area contributed by atoms with Gasteiger partial charge in [0.15, 0.2) is 5.16 Å². The molecule has 0 aromatic carbocycles. The molecule has 27 heavy (non-hydrogen) atoms. The van der Waals surface area contributed by atoms with Crippen molar-refractivity contribution < 1.29 is 9.59 Å². The van der Waals surface area contributed by atoms with Crippen molar-refractivity contribution in [1.29, 1.82) is 0 Å². The topological polar surface area (TPSA) is 107 Å². The Labute approximate surface area is 165 Å². The molecule has 0 fully saturated rings. The Bertz CT molecular complexity index is 919. The van der Waals surface area contributed by atoms with Crippen LogP contribution in [0.4, 0.5) is 4.79 Å². The van der Waals surface area contributed by atoms with Crippen LogP contribution >= 0.6 is 23.1 Å². The molecular weight excluding hydrogens is 384 g/mol. The van der Waals surface area contributed by atoms with E-state index < -0.39 is 11.9 Å². The van der Waals surface area contributed by atoms with Gasteiger partial charge in [0.2, 0.25) is 5.91 Å². The lowest BCUT2D eigenvalue weighted by Crippen LogP contribution is -2.36. The molecule has 3 rings (SSSR count). The number of nitrogens with two attached hydrogens (primary N) is 1. The predicted octanol–water partition coefficient (Wildman–Crippen LogP) is 2.81. The van der Waals surface area contributed by atoms with Gasteiger partial charge in [-0.2, -0.15) is 0 Å². The van der Waals surface area contributed by atoms with Gasteiger partial charge in [-0.25, -0.2) is 9.78 Å². The number of carbonyl (C=O) groups excluding carboxylic acids is 2. The van der Waals surface area contributed by atoms with Gasteiger partial charge < -0.3 is 5.73 Å². The highest BCUT2D eigenvalue weighted by Crippen LogP contribution is 2.34. The number of imide groups is 1. The standard InChI is InChI=1S/C18H24N4O3S2/c1-2-3-6-9-22-16(24)14-11-7-4-5-8-12(11)27-15(14)21-18(22)26-10-13(23)20-17(19)25/h2-10H2,1H3,(H3,19,20,23,25). The van der Waals surface area contributed by atoms with E-state index >= 15 is 0 Å². The van der Waals surface area contributed by atoms with Crippen molar-refractivity contribution in [2.45, 2.75) is 63.6 Å². The molecule has 0 saturated carbocycles. The molecule has 0 bridgehead atoms. The molecule has 0 unspecified atom stereocenters. The van der Waals surface area contributed by atoms with Gasteiger partial charge in [-0.3, -0.25) is 19.5 Å². The van der Waals surface area contributed by atoms with Gasteiger partial charge >= 0.3 is 6.03 Å². The molecule has 0 saturated heterocycles. The van der Waals surface area contributed by atoms with E-state index in [1.165, 1.54) is 22.2 Å². The number of carbonyl (C=O) groups is 2. The van der Waals surface area contributed by atoms with E-state index in [-0.39, 0.29) is 11.3 Å². The zero-order valence-corrected chi connectivity index (χ0v) is 17.0. The number of thioether (sulfide) groups is 1. The molecule has 1 aliphatic rings. The third-order valence-electron chi connectivity index (χ3n) is 4.62. The van der Waals surface area contributed by atoms with Crippen LogP contribution < -0.4 is 16.6 Å². The zero-order chi connectivity index (χ0) is 19.4. The number of unbranched alkanes of at least 4 members (excludes halogenated alkanes) is 2. The number of primary amides is 1. The van der Waals surface area contributed by atoms with E-state index in [0.29, 0.717) is 11.7 Å². The van der Waals surface area contributed by atoms with E-state index in [2.05, 4.69) is 6.92 Å². The predicted molar refractivity (Wildman–Crippen MR) is 108 cm³/mol. The second kappa shape index (κ2) is 8.88. The Kier molecular flexibility index (Phi) is 6.54. The fourth-order valence-corrected chi connectivity index (χ4v) is 5.48. The van der Waals surface area contributed by atoms with Crippen LogP contribution in [0, 0.1) is 0 Å². The maximum Gasteiger partial charge on any atom is 0.318 e. The number of rotatable bonds is 7. The number of fused-ring (bicyclic) bond motifs is 3. The van der Waals surface area contributed by atoms with Gasteiger partial charge in [0, 0.05) is 11.4 Å². The Morgan fingerprint density at radius 3 is 2.81 bits per heavy atom. The number of amides is 3. The van der Waals surface area contributed by atoms with Crippen molar-refractivity contribution in [1.82, 2.24) is 14.9 Å². The molecular formula is C18H24N4O3S2. The average molecular weight is 409 g/mol. The SMILES string of the molecule is CCCCCn1c(SCC(=O)NC(N)=O)nc2sc3c(c2c1=O)CCCC3. The summed E-state index contributed by atoms with van der Waals surface area (Å²) in [5.41, 5.74) is 6.14. The molecule has 2 aromatic rings. The van der Waals surface area contributed by atoms with Crippen molar-refractivity contribution in [2.24, 2.45) is 5.73 Å². The summed E-state index contributed by atoms with van der Waals surface area (Å²) in [6.07, 6.45) is 7.18. The minimum Gasteiger partial charge on any atom is -0.351 e. The number of thiophene rings is 1. The molecule has 0 atom stereocenters. The summed E-state index contributed by atoms with van der Waals surface area (Å²) in [6.45, 7) is 2.70. The summed E-state index contributed by atoms with van der Waals surface area (Å²) in [7, 11) is 0. The van der Waals surface area contributed by atoms with E-state index in [1.807, 2.05) is 5.32 Å². The molecule has 0 aliphatic heterocycles. The summed E-state index contributed by atoms with van der Waals surface area (Å²) in [4.78, 5) is 42.6. The lowest BCUT2D eigenvalue weighted by molar-refractivity contribution is -0.117. The van der Waals surface area contributed by atoms with Crippen LogP contribution in [0.5, 0.6) is 0 Å². The van der Waals surface area contributed by atoms with Crippen molar-refractivity contribution in [2.75, 3.05) is 5.75 Å². The fourth-order valence-electron chi connectivity index (χ4n) is 3.35. The molecule has 0 spiro atoms. The van der Waals surface area contributed by atoms with E-state index in [0.717, 1.165) is 55.2 Å². The van der Waals surface area contributed by atoms with Crippen LogP contribution in [0.15, 0.2) is 9.95 Å². The van der Waals surface area contributed by atoms with Crippen LogP contribution in [0.25, 0.3) is 10.2 Å². The van der Waals surface area contributed by atoms with Crippen LogP contribution in [0.1, 0.15) is 49.5 Å². The summed E-state index contributed by atoms with van der Waals surface area (Å²) >= 11 is 2.77. The normalized spacial score (nSPS) is 13.5. The second-order valence-corrected chi connectivity index (χ2v) is 8.68. The highest BCUT2D eigenvalue weighted by molar-refractivity contribution is 7.99. The van der Waals surface area contributed by atoms with Crippen LogP contribution in [0.3, 0.4) is 0 Å². The van der Waals surface area contributed by atoms with Crippen molar-refractivity contribution in [3.63, 3.8) is 0 Å². The van der Waals surface area contributed by atoms with Gasteiger partial charge in [0.05, 0.1) is 11.1 Å². The Morgan fingerprint density at radius 2 is 2.07 bits per heavy atom. The van der Waals surface area contributed by atoms with E-state index in [1.54, 1.807) is 15.9 Å². The van der Waals surface area contributed by atoms with E-state index in [9.17, 15) is 14.4 Å². The summed E-state index contributed by atoms with van der Waals surface area (Å²) in [6, 6.07) is -0.879. The number of urea groups is 1. The highest BCUT2D eigenvalue weighted by Gasteiger charge is 2.22. The van der Waals surface area contributed by atoms with Crippen LogP contribution in [-0.2, 0) is 24.2 Å². The van der Waals surface area contributed by atoms with Crippen molar-refractivity contribution >= 4 is 45.3 Å². The summed E-state index contributed by atoms with van der Waals surface area (Å²) in [5, 5.41) is 3.33. The molecule has 3 amide bonds. The van der Waals surface area contributed by atoms with Crippen LogP contribution in [-0.4, -0.2) is 27.2 Å². The monoisotopic (exact) mass is 408 g/mol. The number of nitrogens with zero attached hydrogens (tertiary/aromatic N) is 2. The largest absolute Gasteiger partial charge is 0.351 e. The second-order valence-electron chi connectivity index (χ2n) is 6.65. The molecule has 146 valence electrons. The maximum absolute atomic E-state index is 13.2. The number of hydrogen-bond acceptors (Lipinski definition) is 6. The minimum absolute atomic E-state index is 0.00619. The lowest BCUT2D eigenvalue weighted by Gasteiger charge is -2.13. The molecule has 2 aromatic heterocycles. The zero-order valence-electron chi connectivity index (χ0n) is 15.4. The van der Waals surface area contributed by atoms with Crippen LogP contribution in [0.2, 0.25) is 0 Å². The van der Waals surface area contributed by atoms with Gasteiger partial charge in [-0.05, 0) is 37.7 Å². The first-order chi connectivity index (χ1) is 13.0. The van der Waals surface area contributed by atoms with Crippen molar-refractivity contribution in [3.8, 4) is 0 Å².